The van der Waals surface area contributed by atoms with Crippen molar-refractivity contribution in [1.29, 1.82) is 0 Å². The minimum Gasteiger partial charge on any atom is -0.493 e. The van der Waals surface area contributed by atoms with Gasteiger partial charge in [0, 0.05) is 11.1 Å². The number of aliphatic imine (C=N–C) groups is 1. The normalized spacial score (nSPS) is 14.6. The number of hydrogen-bond acceptors (Lipinski definition) is 5. The molecule has 1 heterocycles. The maximum atomic E-state index is 12.3. The first-order valence-corrected chi connectivity index (χ1v) is 9.07. The molecule has 0 bridgehead atoms. The first-order valence-electron chi connectivity index (χ1n) is 8.31. The van der Waals surface area contributed by atoms with Gasteiger partial charge in [-0.3, -0.25) is 0 Å². The van der Waals surface area contributed by atoms with Crippen LogP contribution in [0.2, 0.25) is 10.0 Å². The lowest BCUT2D eigenvalue weighted by Gasteiger charge is -2.13. The van der Waals surface area contributed by atoms with Crippen LogP contribution in [0.25, 0.3) is 6.08 Å². The van der Waals surface area contributed by atoms with Crippen LogP contribution in [-0.4, -0.2) is 25.6 Å². The van der Waals surface area contributed by atoms with Gasteiger partial charge in [0.2, 0.25) is 5.90 Å². The molecule has 0 aliphatic carbocycles. The standard InChI is InChI=1S/C21H17Cl2NO4/c1-12(2)11-27-19-13(5-4-6-18(19)26-3)10-17-21(25)28-20(24-17)14-7-8-15(22)16(23)9-14/h4-10H,1,11H2,2-3H3/b17-10-. The van der Waals surface area contributed by atoms with Gasteiger partial charge in [0.1, 0.15) is 6.61 Å². The molecule has 0 fully saturated rings. The Morgan fingerprint density at radius 1 is 1.25 bits per heavy atom. The second kappa shape index (κ2) is 8.50. The minimum absolute atomic E-state index is 0.134. The second-order valence-corrected chi connectivity index (χ2v) is 6.90. The van der Waals surface area contributed by atoms with Gasteiger partial charge in [0.05, 0.1) is 17.2 Å². The SMILES string of the molecule is C=C(C)COc1c(/C=C2\N=C(c3ccc(Cl)c(Cl)c3)OC2=O)cccc1OC. The number of ether oxygens (including phenoxy) is 3. The Labute approximate surface area is 172 Å². The third kappa shape index (κ3) is 4.38. The largest absolute Gasteiger partial charge is 0.493 e. The van der Waals surface area contributed by atoms with Crippen LogP contribution in [0.15, 0.2) is 59.2 Å². The van der Waals surface area contributed by atoms with Gasteiger partial charge in [-0.1, -0.05) is 41.9 Å². The summed E-state index contributed by atoms with van der Waals surface area (Å²) in [5.74, 6) is 0.610. The number of nitrogens with zero attached hydrogens (tertiary/aromatic N) is 1. The van der Waals surface area contributed by atoms with E-state index in [0.29, 0.717) is 39.3 Å². The molecule has 2 aromatic carbocycles. The van der Waals surface area contributed by atoms with Gasteiger partial charge < -0.3 is 14.2 Å². The van der Waals surface area contributed by atoms with Crippen LogP contribution in [0.5, 0.6) is 11.5 Å². The molecule has 0 N–H and O–H groups in total. The quantitative estimate of drug-likeness (QED) is 0.363. The number of rotatable bonds is 6. The number of methoxy groups -OCH3 is 1. The van der Waals surface area contributed by atoms with Crippen molar-refractivity contribution in [3.05, 3.63) is 75.4 Å². The van der Waals surface area contributed by atoms with E-state index in [2.05, 4.69) is 11.6 Å². The number of benzene rings is 2. The van der Waals surface area contributed by atoms with Crippen molar-refractivity contribution >= 4 is 41.1 Å². The van der Waals surface area contributed by atoms with E-state index in [1.807, 2.05) is 6.92 Å². The molecule has 144 valence electrons. The van der Waals surface area contributed by atoms with E-state index in [9.17, 15) is 4.79 Å². The zero-order valence-corrected chi connectivity index (χ0v) is 16.8. The highest BCUT2D eigenvalue weighted by Crippen LogP contribution is 2.34. The van der Waals surface area contributed by atoms with Crippen molar-refractivity contribution in [3.63, 3.8) is 0 Å². The maximum absolute atomic E-state index is 12.3. The molecule has 0 radical (unpaired) electrons. The highest BCUT2D eigenvalue weighted by molar-refractivity contribution is 6.42. The number of carbonyl (C=O) groups is 1. The Hall–Kier alpha value is -2.76. The van der Waals surface area contributed by atoms with Crippen LogP contribution in [0, 0.1) is 0 Å². The molecule has 0 aromatic heterocycles. The van der Waals surface area contributed by atoms with E-state index in [4.69, 9.17) is 37.4 Å². The van der Waals surface area contributed by atoms with Gasteiger partial charge in [-0.2, -0.15) is 0 Å². The van der Waals surface area contributed by atoms with Crippen molar-refractivity contribution in [3.8, 4) is 11.5 Å². The number of carbonyl (C=O) groups excluding carboxylic acids is 1. The van der Waals surface area contributed by atoms with Crippen LogP contribution in [0.4, 0.5) is 0 Å². The Kier molecular flexibility index (Phi) is 6.07. The first-order chi connectivity index (χ1) is 13.4. The molecule has 2 aromatic rings. The third-order valence-corrected chi connectivity index (χ3v) is 4.51. The summed E-state index contributed by atoms with van der Waals surface area (Å²) in [5, 5.41) is 0.750. The molecule has 3 rings (SSSR count). The van der Waals surface area contributed by atoms with Crippen molar-refractivity contribution in [2.45, 2.75) is 6.92 Å². The molecular weight excluding hydrogens is 401 g/mol. The first kappa shape index (κ1) is 20.0. The molecule has 1 aliphatic rings. The zero-order valence-electron chi connectivity index (χ0n) is 15.3. The van der Waals surface area contributed by atoms with Crippen molar-refractivity contribution < 1.29 is 19.0 Å². The summed E-state index contributed by atoms with van der Waals surface area (Å²) in [6.07, 6.45) is 1.59. The Bertz CT molecular complexity index is 1010. The summed E-state index contributed by atoms with van der Waals surface area (Å²) in [4.78, 5) is 16.6. The monoisotopic (exact) mass is 417 g/mol. The van der Waals surface area contributed by atoms with Crippen LogP contribution in [0.3, 0.4) is 0 Å². The Morgan fingerprint density at radius 3 is 2.71 bits per heavy atom. The molecule has 7 heteroatoms. The maximum Gasteiger partial charge on any atom is 0.363 e. The minimum atomic E-state index is -0.574. The highest BCUT2D eigenvalue weighted by Gasteiger charge is 2.25. The van der Waals surface area contributed by atoms with E-state index in [0.717, 1.165) is 5.57 Å². The fourth-order valence-electron chi connectivity index (χ4n) is 2.47. The number of cyclic esters (lactones) is 1. The summed E-state index contributed by atoms with van der Waals surface area (Å²) in [7, 11) is 1.55. The lowest BCUT2D eigenvalue weighted by molar-refractivity contribution is -0.129. The summed E-state index contributed by atoms with van der Waals surface area (Å²) in [5.41, 5.74) is 2.17. The van der Waals surface area contributed by atoms with E-state index < -0.39 is 5.97 Å². The summed E-state index contributed by atoms with van der Waals surface area (Å²) in [6.45, 7) is 6.01. The number of esters is 1. The topological polar surface area (TPSA) is 57.1 Å². The lowest BCUT2D eigenvalue weighted by atomic mass is 10.1. The summed E-state index contributed by atoms with van der Waals surface area (Å²) in [6, 6.07) is 10.2. The number of halogens is 2. The fraction of sp³-hybridized carbons (Fsp3) is 0.143. The molecule has 0 unspecified atom stereocenters. The Balaban J connectivity index is 1.98. The molecular formula is C21H17Cl2NO4. The molecule has 5 nitrogen and oxygen atoms in total. The fourth-order valence-corrected chi connectivity index (χ4v) is 2.76. The summed E-state index contributed by atoms with van der Waals surface area (Å²) >= 11 is 12.0. The molecule has 0 saturated carbocycles. The van der Waals surface area contributed by atoms with Crippen LogP contribution >= 0.6 is 23.2 Å². The third-order valence-electron chi connectivity index (χ3n) is 3.77. The average molecular weight is 418 g/mol. The van der Waals surface area contributed by atoms with Crippen LogP contribution < -0.4 is 9.47 Å². The van der Waals surface area contributed by atoms with E-state index in [1.54, 1.807) is 49.6 Å². The van der Waals surface area contributed by atoms with Gasteiger partial charge in [0.25, 0.3) is 0 Å². The molecule has 1 aliphatic heterocycles. The highest BCUT2D eigenvalue weighted by atomic mass is 35.5. The van der Waals surface area contributed by atoms with Crippen LogP contribution in [-0.2, 0) is 9.53 Å². The second-order valence-electron chi connectivity index (χ2n) is 6.09. The van der Waals surface area contributed by atoms with Gasteiger partial charge >= 0.3 is 5.97 Å². The molecule has 28 heavy (non-hydrogen) atoms. The van der Waals surface area contributed by atoms with E-state index >= 15 is 0 Å². The summed E-state index contributed by atoms with van der Waals surface area (Å²) < 4.78 is 16.4. The van der Waals surface area contributed by atoms with Crippen LogP contribution in [0.1, 0.15) is 18.1 Å². The van der Waals surface area contributed by atoms with Gasteiger partial charge in [0.15, 0.2) is 17.2 Å². The zero-order chi connectivity index (χ0) is 20.3. The Morgan fingerprint density at radius 2 is 2.04 bits per heavy atom. The van der Waals surface area contributed by atoms with Crippen molar-refractivity contribution in [2.24, 2.45) is 4.99 Å². The van der Waals surface area contributed by atoms with E-state index in [1.165, 1.54) is 0 Å². The van der Waals surface area contributed by atoms with Gasteiger partial charge in [-0.25, -0.2) is 9.79 Å². The average Bonchev–Trinajstić information content (AvgIpc) is 3.03. The molecule has 0 spiro atoms. The molecule has 0 atom stereocenters. The van der Waals surface area contributed by atoms with Gasteiger partial charge in [-0.05, 0) is 42.8 Å². The molecule has 0 saturated heterocycles. The van der Waals surface area contributed by atoms with Gasteiger partial charge in [-0.15, -0.1) is 0 Å². The van der Waals surface area contributed by atoms with Crippen molar-refractivity contribution in [1.82, 2.24) is 0 Å². The predicted octanol–water partition coefficient (Wildman–Crippen LogP) is 5.30. The van der Waals surface area contributed by atoms with Crippen molar-refractivity contribution in [2.75, 3.05) is 13.7 Å². The predicted molar refractivity (Wildman–Crippen MR) is 110 cm³/mol. The number of para-hydroxylation sites is 1. The smallest absolute Gasteiger partial charge is 0.363 e. The van der Waals surface area contributed by atoms with E-state index in [-0.39, 0.29) is 11.6 Å². The lowest BCUT2D eigenvalue weighted by Crippen LogP contribution is -2.05. The number of hydrogen-bond donors (Lipinski definition) is 0. The molecule has 0 amide bonds.